The van der Waals surface area contributed by atoms with E-state index in [4.69, 9.17) is 16.8 Å². The van der Waals surface area contributed by atoms with E-state index in [2.05, 4.69) is 10.6 Å². The molecule has 0 aliphatic rings. The highest BCUT2D eigenvalue weighted by molar-refractivity contribution is 6.30. The first-order valence-corrected chi connectivity index (χ1v) is 7.86. The minimum Gasteiger partial charge on any atom is -0.385 e. The Labute approximate surface area is 149 Å². The molecule has 6 nitrogen and oxygen atoms in total. The molecule has 0 spiro atoms. The molecule has 0 aromatic heterocycles. The number of rotatable bonds is 8. The maximum Gasteiger partial charge on any atom is 0.274 e. The van der Waals surface area contributed by atoms with Gasteiger partial charge in [0.1, 0.15) is 12.1 Å². The van der Waals surface area contributed by atoms with Crippen LogP contribution in [-0.2, 0) is 4.79 Å². The summed E-state index contributed by atoms with van der Waals surface area (Å²) in [4.78, 5) is 22.5. The third-order valence-corrected chi connectivity index (χ3v) is 3.63. The zero-order valence-electron chi connectivity index (χ0n) is 13.1. The first kappa shape index (κ1) is 18.7. The molecule has 2 aromatic rings. The van der Waals surface area contributed by atoms with E-state index in [0.29, 0.717) is 34.9 Å². The Morgan fingerprint density at radius 1 is 1.20 bits per heavy atom. The van der Waals surface area contributed by atoms with Crippen molar-refractivity contribution < 1.29 is 19.2 Å². The quantitative estimate of drug-likeness (QED) is 0.328. The number of amides is 1. The summed E-state index contributed by atoms with van der Waals surface area (Å²) in [6.07, 6.45) is 1.23. The largest absolute Gasteiger partial charge is 0.385 e. The van der Waals surface area contributed by atoms with Crippen LogP contribution in [0.1, 0.15) is 16.8 Å². The van der Waals surface area contributed by atoms with Crippen molar-refractivity contribution in [3.05, 3.63) is 58.9 Å². The highest BCUT2D eigenvalue weighted by atomic mass is 35.5. The van der Waals surface area contributed by atoms with Gasteiger partial charge >= 0.3 is 0 Å². The maximum absolute atomic E-state index is 13.2. The van der Waals surface area contributed by atoms with Crippen LogP contribution < -0.4 is 16.1 Å². The highest BCUT2D eigenvalue weighted by Crippen LogP contribution is 2.18. The van der Waals surface area contributed by atoms with Gasteiger partial charge in [-0.1, -0.05) is 11.6 Å². The lowest BCUT2D eigenvalue weighted by atomic mass is 10.1. The summed E-state index contributed by atoms with van der Waals surface area (Å²) in [7, 11) is 0. The van der Waals surface area contributed by atoms with Crippen LogP contribution >= 0.6 is 11.6 Å². The van der Waals surface area contributed by atoms with Crippen molar-refractivity contribution in [1.29, 1.82) is 0 Å². The normalized spacial score (nSPS) is 11.5. The highest BCUT2D eigenvalue weighted by Gasteiger charge is 2.09. The smallest absolute Gasteiger partial charge is 0.274 e. The molecule has 2 aromatic carbocycles. The lowest BCUT2D eigenvalue weighted by Crippen LogP contribution is -2.24. The van der Waals surface area contributed by atoms with Gasteiger partial charge in [0.25, 0.3) is 5.91 Å². The number of hydrogen-bond acceptors (Lipinski definition) is 5. The lowest BCUT2D eigenvalue weighted by molar-refractivity contribution is -0.108. The Kier molecular flexibility index (Phi) is 6.73. The number of hydrogen-bond donors (Lipinski definition) is 4. The summed E-state index contributed by atoms with van der Waals surface area (Å²) in [5.41, 5.74) is 3.03. The summed E-state index contributed by atoms with van der Waals surface area (Å²) >= 11 is 5.78. The van der Waals surface area contributed by atoms with Crippen LogP contribution in [0, 0.1) is 5.82 Å². The SMILES string of the molecule is O=CC(CCNc1cc(F)cc(Cl)c1)Nc1ccc(C(=O)NO)cc1. The predicted octanol–water partition coefficient (Wildman–Crippen LogP) is 3.08. The average molecular weight is 366 g/mol. The monoisotopic (exact) mass is 365 g/mol. The topological polar surface area (TPSA) is 90.5 Å². The molecule has 0 fully saturated rings. The van der Waals surface area contributed by atoms with Crippen molar-refractivity contribution in [2.24, 2.45) is 0 Å². The van der Waals surface area contributed by atoms with Gasteiger partial charge in [-0.15, -0.1) is 0 Å². The van der Waals surface area contributed by atoms with E-state index < -0.39 is 17.8 Å². The summed E-state index contributed by atoms with van der Waals surface area (Å²) in [6, 6.07) is 9.95. The fourth-order valence-corrected chi connectivity index (χ4v) is 2.42. The molecular weight excluding hydrogens is 349 g/mol. The minimum atomic E-state index is -0.614. The molecule has 0 radical (unpaired) electrons. The van der Waals surface area contributed by atoms with Crippen molar-refractivity contribution in [2.45, 2.75) is 12.5 Å². The third kappa shape index (κ3) is 5.74. The van der Waals surface area contributed by atoms with Gasteiger partial charge in [-0.05, 0) is 48.9 Å². The van der Waals surface area contributed by atoms with Gasteiger partial charge in [-0.2, -0.15) is 0 Å². The van der Waals surface area contributed by atoms with Gasteiger partial charge in [0.15, 0.2) is 0 Å². The molecule has 0 heterocycles. The molecule has 0 aliphatic carbocycles. The van der Waals surface area contributed by atoms with E-state index in [1.165, 1.54) is 24.3 Å². The van der Waals surface area contributed by atoms with E-state index in [-0.39, 0.29) is 0 Å². The molecule has 132 valence electrons. The standard InChI is InChI=1S/C17H17ClFN3O3/c18-12-7-13(19)9-16(8-12)20-6-5-15(10-23)21-14-3-1-11(2-4-14)17(24)22-25/h1-4,7-10,15,20-21,25H,5-6H2,(H,22,24). The fraction of sp³-hybridized carbons (Fsp3) is 0.176. The summed E-state index contributed by atoms with van der Waals surface area (Å²) in [5, 5.41) is 14.9. The number of carbonyl (C=O) groups is 2. The molecule has 0 bridgehead atoms. The van der Waals surface area contributed by atoms with Crippen LogP contribution in [0.15, 0.2) is 42.5 Å². The van der Waals surface area contributed by atoms with Gasteiger partial charge in [-0.25, -0.2) is 9.87 Å². The van der Waals surface area contributed by atoms with Crippen LogP contribution in [-0.4, -0.2) is 30.0 Å². The Hall–Kier alpha value is -2.64. The summed E-state index contributed by atoms with van der Waals surface area (Å²) < 4.78 is 13.2. The number of hydroxylamine groups is 1. The van der Waals surface area contributed by atoms with E-state index in [0.717, 1.165) is 6.29 Å². The van der Waals surface area contributed by atoms with E-state index in [1.54, 1.807) is 23.7 Å². The molecule has 8 heteroatoms. The Morgan fingerprint density at radius 3 is 2.52 bits per heavy atom. The third-order valence-electron chi connectivity index (χ3n) is 3.41. The van der Waals surface area contributed by atoms with Crippen molar-refractivity contribution in [1.82, 2.24) is 5.48 Å². The second-order valence-corrected chi connectivity index (χ2v) is 5.72. The molecule has 0 saturated heterocycles. The van der Waals surface area contributed by atoms with Gasteiger partial charge < -0.3 is 15.4 Å². The van der Waals surface area contributed by atoms with Crippen molar-refractivity contribution in [3.63, 3.8) is 0 Å². The summed E-state index contributed by atoms with van der Waals surface area (Å²) in [5.74, 6) is -1.05. The van der Waals surface area contributed by atoms with Crippen molar-refractivity contribution in [2.75, 3.05) is 17.2 Å². The Morgan fingerprint density at radius 2 is 1.92 bits per heavy atom. The van der Waals surface area contributed by atoms with Crippen LogP contribution in [0.25, 0.3) is 0 Å². The Balaban J connectivity index is 1.87. The van der Waals surface area contributed by atoms with Crippen LogP contribution in [0.4, 0.5) is 15.8 Å². The number of anilines is 2. The van der Waals surface area contributed by atoms with Crippen LogP contribution in [0.5, 0.6) is 0 Å². The van der Waals surface area contributed by atoms with Crippen LogP contribution in [0.3, 0.4) is 0 Å². The molecule has 2 rings (SSSR count). The molecule has 1 atom stereocenters. The first-order chi connectivity index (χ1) is 12.0. The number of nitrogens with one attached hydrogen (secondary N) is 3. The molecule has 0 saturated carbocycles. The number of halogens is 2. The van der Waals surface area contributed by atoms with E-state index >= 15 is 0 Å². The van der Waals surface area contributed by atoms with Gasteiger partial charge in [0.2, 0.25) is 0 Å². The lowest BCUT2D eigenvalue weighted by Gasteiger charge is -2.15. The van der Waals surface area contributed by atoms with E-state index in [9.17, 15) is 14.0 Å². The van der Waals surface area contributed by atoms with E-state index in [1.807, 2.05) is 0 Å². The van der Waals surface area contributed by atoms with Crippen molar-refractivity contribution >= 4 is 35.2 Å². The van der Waals surface area contributed by atoms with Crippen LogP contribution in [0.2, 0.25) is 5.02 Å². The second kappa shape index (κ2) is 9.00. The number of aldehydes is 1. The first-order valence-electron chi connectivity index (χ1n) is 7.48. The molecule has 4 N–H and O–H groups in total. The van der Waals surface area contributed by atoms with Crippen molar-refractivity contribution in [3.8, 4) is 0 Å². The van der Waals surface area contributed by atoms with Gasteiger partial charge in [0, 0.05) is 28.5 Å². The molecule has 1 unspecified atom stereocenters. The summed E-state index contributed by atoms with van der Waals surface area (Å²) in [6.45, 7) is 0.432. The Bertz CT molecular complexity index is 720. The number of benzene rings is 2. The maximum atomic E-state index is 13.2. The molecular formula is C17H17ClFN3O3. The molecule has 25 heavy (non-hydrogen) atoms. The second-order valence-electron chi connectivity index (χ2n) is 5.28. The zero-order chi connectivity index (χ0) is 18.2. The number of carbonyl (C=O) groups excluding carboxylic acids is 2. The fourth-order valence-electron chi connectivity index (χ4n) is 2.20. The molecule has 1 amide bonds. The van der Waals surface area contributed by atoms with Gasteiger partial charge in [-0.3, -0.25) is 10.0 Å². The molecule has 0 aliphatic heterocycles. The zero-order valence-corrected chi connectivity index (χ0v) is 13.9. The predicted molar refractivity (Wildman–Crippen MR) is 93.7 cm³/mol. The average Bonchev–Trinajstić information content (AvgIpc) is 2.60. The minimum absolute atomic E-state index is 0.291. The van der Waals surface area contributed by atoms with Gasteiger partial charge in [0.05, 0.1) is 6.04 Å².